The SMILES string of the molecule is CC1(C)c2ccccc2-c2ccc(N(c3cc(-c4ccc5c(c4)C4(c6ccccc6-c6ccccc64)c4ccccc4-5)cc(N(c4ccc5c(c4)C(C)(C)c4ccccc4-5)c4ccccc4-c4ccccc4)c3)c3ccccc3-c3ccccc3)cc21. The van der Waals surface area contributed by atoms with Crippen LogP contribution in [0.5, 0.6) is 0 Å². The van der Waals surface area contributed by atoms with Gasteiger partial charge in [0, 0.05) is 44.7 Å². The maximum absolute atomic E-state index is 2.55. The second-order valence-corrected chi connectivity index (χ2v) is 25.1. The fourth-order valence-electron chi connectivity index (χ4n) is 15.9. The molecule has 0 saturated heterocycles. The van der Waals surface area contributed by atoms with Crippen LogP contribution in [-0.2, 0) is 16.2 Å². The molecule has 0 unspecified atom stereocenters. The predicted molar refractivity (Wildman–Crippen MR) is 364 cm³/mol. The average Bonchev–Trinajstić information content (AvgIpc) is 1.52. The van der Waals surface area contributed by atoms with Crippen LogP contribution in [0.2, 0.25) is 0 Å². The molecule has 0 fully saturated rings. The molecule has 2 heteroatoms. The van der Waals surface area contributed by atoms with Crippen molar-refractivity contribution in [1.29, 1.82) is 0 Å². The fraction of sp³-hybridized carbons (Fsp3) is 0.0824. The zero-order valence-electron chi connectivity index (χ0n) is 49.3. The Bertz CT molecular complexity index is 4670. The summed E-state index contributed by atoms with van der Waals surface area (Å²) < 4.78 is 0. The molecule has 1 spiro atoms. The second kappa shape index (κ2) is 19.2. The van der Waals surface area contributed by atoms with Gasteiger partial charge < -0.3 is 9.80 Å². The zero-order valence-corrected chi connectivity index (χ0v) is 49.3. The monoisotopic (exact) mass is 1110 g/mol. The molecular formula is C85H62N2. The van der Waals surface area contributed by atoms with Crippen LogP contribution < -0.4 is 9.80 Å². The van der Waals surface area contributed by atoms with Gasteiger partial charge in [-0.2, -0.15) is 0 Å². The number of para-hydroxylation sites is 2. The van der Waals surface area contributed by atoms with Gasteiger partial charge in [-0.3, -0.25) is 0 Å². The number of benzene rings is 13. The van der Waals surface area contributed by atoms with Crippen molar-refractivity contribution in [3.05, 3.63) is 348 Å². The Hall–Kier alpha value is -10.5. The third kappa shape index (κ3) is 7.47. The minimum atomic E-state index is -0.513. The van der Waals surface area contributed by atoms with Crippen molar-refractivity contribution in [1.82, 2.24) is 0 Å². The van der Waals surface area contributed by atoms with Gasteiger partial charge in [0.2, 0.25) is 0 Å². The Morgan fingerprint density at radius 2 is 0.517 bits per heavy atom. The molecule has 412 valence electrons. The van der Waals surface area contributed by atoms with E-state index in [0.29, 0.717) is 0 Å². The molecule has 0 N–H and O–H groups in total. The van der Waals surface area contributed by atoms with Gasteiger partial charge in [-0.1, -0.05) is 270 Å². The van der Waals surface area contributed by atoms with Gasteiger partial charge in [0.25, 0.3) is 0 Å². The molecule has 0 atom stereocenters. The Morgan fingerprint density at radius 1 is 0.195 bits per heavy atom. The summed E-state index contributed by atoms with van der Waals surface area (Å²) in [6.45, 7) is 9.56. The second-order valence-electron chi connectivity index (χ2n) is 25.1. The summed E-state index contributed by atoms with van der Waals surface area (Å²) in [5, 5.41) is 0. The van der Waals surface area contributed by atoms with E-state index in [1.807, 2.05) is 0 Å². The summed E-state index contributed by atoms with van der Waals surface area (Å²) in [5.41, 5.74) is 33.4. The first-order valence-electron chi connectivity index (χ1n) is 30.7. The van der Waals surface area contributed by atoms with Gasteiger partial charge in [-0.15, -0.1) is 0 Å². The van der Waals surface area contributed by atoms with Crippen LogP contribution >= 0.6 is 0 Å². The van der Waals surface area contributed by atoms with Crippen LogP contribution in [0.4, 0.5) is 34.1 Å². The lowest BCUT2D eigenvalue weighted by molar-refractivity contribution is 0.660. The normalized spacial score (nSPS) is 14.3. The molecule has 2 nitrogen and oxygen atoms in total. The molecule has 0 amide bonds. The highest BCUT2D eigenvalue weighted by Gasteiger charge is 2.51. The first-order valence-corrected chi connectivity index (χ1v) is 30.7. The summed E-state index contributed by atoms with van der Waals surface area (Å²) in [5.74, 6) is 0. The zero-order chi connectivity index (χ0) is 58.2. The van der Waals surface area contributed by atoms with Crippen molar-refractivity contribution >= 4 is 34.1 Å². The quantitative estimate of drug-likeness (QED) is 0.142. The smallest absolute Gasteiger partial charge is 0.0725 e. The summed E-state index contributed by atoms with van der Waals surface area (Å²) in [6, 6.07) is 114. The van der Waals surface area contributed by atoms with Gasteiger partial charge in [-0.05, 0) is 172 Å². The van der Waals surface area contributed by atoms with E-state index in [0.717, 1.165) is 67.5 Å². The van der Waals surface area contributed by atoms with E-state index in [4.69, 9.17) is 0 Å². The van der Waals surface area contributed by atoms with Gasteiger partial charge in [0.15, 0.2) is 0 Å². The molecule has 0 bridgehead atoms. The van der Waals surface area contributed by atoms with Crippen molar-refractivity contribution in [2.24, 2.45) is 0 Å². The molecule has 4 aliphatic carbocycles. The molecule has 17 rings (SSSR count). The van der Waals surface area contributed by atoms with Crippen molar-refractivity contribution in [3.8, 4) is 77.9 Å². The first-order chi connectivity index (χ1) is 42.7. The number of hydrogen-bond donors (Lipinski definition) is 0. The van der Waals surface area contributed by atoms with Gasteiger partial charge >= 0.3 is 0 Å². The Balaban J connectivity index is 0.970. The number of fused-ring (bicyclic) bond motifs is 16. The fourth-order valence-corrected chi connectivity index (χ4v) is 15.9. The maximum Gasteiger partial charge on any atom is 0.0725 e. The minimum absolute atomic E-state index is 0.228. The number of anilines is 6. The van der Waals surface area contributed by atoms with E-state index < -0.39 is 5.41 Å². The molecular weight excluding hydrogens is 1050 g/mol. The van der Waals surface area contributed by atoms with Crippen LogP contribution in [0.15, 0.2) is 303 Å². The standard InChI is InChI=1S/C85H62N2/c1-83(2)73-36-18-11-31-65(73)70-47-44-59(53-78(70)83)86(81-41-23-16-29-63(81)55-25-7-5-8-26-55)61-49-58(57-43-46-72-69-35-15-22-40-77(69)85(80(72)51-57)75-38-20-13-33-67(75)68-34-14-21-39-76(68)85)50-62(52-61)87(82-42-24-17-30-64(82)56-27-9-6-10-28-56)60-45-48-71-66-32-12-19-37-74(66)84(3,4)79(71)54-60/h5-54H,1-4H3. The van der Waals surface area contributed by atoms with E-state index in [2.05, 4.69) is 341 Å². The lowest BCUT2D eigenvalue weighted by Crippen LogP contribution is -2.25. The molecule has 87 heavy (non-hydrogen) atoms. The molecule has 13 aromatic rings. The van der Waals surface area contributed by atoms with Crippen LogP contribution in [0, 0.1) is 0 Å². The van der Waals surface area contributed by atoms with Gasteiger partial charge in [0.1, 0.15) is 0 Å². The lowest BCUT2D eigenvalue weighted by atomic mass is 9.70. The summed E-state index contributed by atoms with van der Waals surface area (Å²) in [7, 11) is 0. The van der Waals surface area contributed by atoms with E-state index >= 15 is 0 Å². The third-order valence-corrected chi connectivity index (χ3v) is 19.9. The summed E-state index contributed by atoms with van der Waals surface area (Å²) in [4.78, 5) is 5.10. The predicted octanol–water partition coefficient (Wildman–Crippen LogP) is 22.6. The first kappa shape index (κ1) is 50.9. The topological polar surface area (TPSA) is 6.48 Å². The van der Waals surface area contributed by atoms with Gasteiger partial charge in [0.05, 0.1) is 16.8 Å². The van der Waals surface area contributed by atoms with Crippen molar-refractivity contribution in [2.75, 3.05) is 9.80 Å². The van der Waals surface area contributed by atoms with E-state index in [1.165, 1.54) is 89.0 Å². The summed E-state index contributed by atoms with van der Waals surface area (Å²) in [6.07, 6.45) is 0. The highest BCUT2D eigenvalue weighted by Crippen LogP contribution is 2.64. The van der Waals surface area contributed by atoms with Crippen LogP contribution in [-0.4, -0.2) is 0 Å². The molecule has 0 radical (unpaired) electrons. The number of nitrogens with zero attached hydrogens (tertiary/aromatic N) is 2. The lowest BCUT2D eigenvalue weighted by Gasteiger charge is -2.33. The number of rotatable bonds is 9. The Morgan fingerprint density at radius 3 is 0.943 bits per heavy atom. The highest BCUT2D eigenvalue weighted by atomic mass is 15.2. The Labute approximate surface area is 510 Å². The largest absolute Gasteiger partial charge is 0.310 e. The van der Waals surface area contributed by atoms with Crippen molar-refractivity contribution in [2.45, 2.75) is 43.9 Å². The molecule has 0 aromatic heterocycles. The van der Waals surface area contributed by atoms with Gasteiger partial charge in [-0.25, -0.2) is 0 Å². The number of hydrogen-bond acceptors (Lipinski definition) is 2. The highest BCUT2D eigenvalue weighted by molar-refractivity contribution is 5.99. The molecule has 0 saturated carbocycles. The van der Waals surface area contributed by atoms with E-state index in [9.17, 15) is 0 Å². The van der Waals surface area contributed by atoms with E-state index in [1.54, 1.807) is 0 Å². The van der Waals surface area contributed by atoms with Crippen molar-refractivity contribution < 1.29 is 0 Å². The van der Waals surface area contributed by atoms with E-state index in [-0.39, 0.29) is 10.8 Å². The van der Waals surface area contributed by atoms with Crippen LogP contribution in [0.3, 0.4) is 0 Å². The molecule has 0 heterocycles. The van der Waals surface area contributed by atoms with Crippen LogP contribution in [0.25, 0.3) is 77.9 Å². The average molecular weight is 1110 g/mol. The molecule has 4 aliphatic rings. The third-order valence-electron chi connectivity index (χ3n) is 19.9. The van der Waals surface area contributed by atoms with Crippen molar-refractivity contribution in [3.63, 3.8) is 0 Å². The Kier molecular flexibility index (Phi) is 11.3. The minimum Gasteiger partial charge on any atom is -0.310 e. The van der Waals surface area contributed by atoms with Crippen LogP contribution in [0.1, 0.15) is 72.2 Å². The molecule has 13 aromatic carbocycles. The maximum atomic E-state index is 2.55. The molecule has 0 aliphatic heterocycles. The summed E-state index contributed by atoms with van der Waals surface area (Å²) >= 11 is 0.